The highest BCUT2D eigenvalue weighted by Gasteiger charge is 2.50. The van der Waals surface area contributed by atoms with Crippen molar-refractivity contribution < 1.29 is 4.74 Å². The average Bonchev–Trinajstić information content (AvgIpc) is 3.50. The van der Waals surface area contributed by atoms with E-state index in [4.69, 9.17) is 4.74 Å². The van der Waals surface area contributed by atoms with Gasteiger partial charge in [0.05, 0.1) is 5.41 Å². The van der Waals surface area contributed by atoms with Crippen LogP contribution < -0.4 is 4.74 Å². The lowest BCUT2D eigenvalue weighted by atomic mass is 9.57. The molecule has 1 aliphatic carbocycles. The highest BCUT2D eigenvalue weighted by molar-refractivity contribution is 6.14. The van der Waals surface area contributed by atoms with Gasteiger partial charge in [-0.25, -0.2) is 0 Å². The van der Waals surface area contributed by atoms with Gasteiger partial charge in [-0.2, -0.15) is 0 Å². The van der Waals surface area contributed by atoms with E-state index in [1.54, 1.807) is 0 Å². The summed E-state index contributed by atoms with van der Waals surface area (Å²) in [5.41, 5.74) is 14.5. The molecule has 2 heterocycles. The minimum absolute atomic E-state index is 0.549. The van der Waals surface area contributed by atoms with E-state index in [2.05, 4.69) is 163 Å². The van der Waals surface area contributed by atoms with Crippen molar-refractivity contribution in [3.8, 4) is 33.8 Å². The average molecular weight is 588 g/mol. The highest BCUT2D eigenvalue weighted by Crippen LogP contribution is 2.60. The summed E-state index contributed by atoms with van der Waals surface area (Å²) in [4.78, 5) is 3.64. The monoisotopic (exact) mass is 587 g/mol. The Morgan fingerprint density at radius 2 is 1.15 bits per heavy atom. The Kier molecular flexibility index (Phi) is 5.30. The van der Waals surface area contributed by atoms with E-state index in [1.165, 1.54) is 71.9 Å². The van der Waals surface area contributed by atoms with Crippen LogP contribution >= 0.6 is 0 Å². The van der Waals surface area contributed by atoms with Crippen molar-refractivity contribution in [2.24, 2.45) is 0 Å². The lowest BCUT2D eigenvalue weighted by Gasteiger charge is -2.46. The number of benzene rings is 7. The number of para-hydroxylation sites is 3. The maximum absolute atomic E-state index is 6.65. The normalized spacial score (nSPS) is 13.9. The zero-order valence-corrected chi connectivity index (χ0v) is 25.1. The molecule has 0 saturated carbocycles. The van der Waals surface area contributed by atoms with Gasteiger partial charge in [0, 0.05) is 32.9 Å². The molecule has 2 nitrogen and oxygen atoms in total. The lowest BCUT2D eigenvalue weighted by Crippen LogP contribution is -2.39. The second kappa shape index (κ2) is 9.57. The summed E-state index contributed by atoms with van der Waals surface area (Å²) in [5, 5.41) is 2.53. The van der Waals surface area contributed by atoms with Gasteiger partial charge in [0.25, 0.3) is 0 Å². The van der Waals surface area contributed by atoms with Crippen molar-refractivity contribution in [2.45, 2.75) is 11.8 Å². The molecule has 1 N–H and O–H groups in total. The molecule has 7 aromatic carbocycles. The summed E-state index contributed by atoms with van der Waals surface area (Å²) in [6.07, 6.45) is 0.857. The van der Waals surface area contributed by atoms with Gasteiger partial charge in [-0.1, -0.05) is 133 Å². The third-order valence-electron chi connectivity index (χ3n) is 10.1. The minimum atomic E-state index is -0.549. The standard InChI is InChI=1S/C44H29NO/c1-2-12-28(13-3-1)33-17-10-14-30-27-31-26-29(32-16-11-21-39-42(32)34-15-4-7-20-38(34)45-39)24-25-35(31)44(43(30)33)36-18-5-8-22-40(36)46-41-23-9-6-19-37(41)44/h1-26,45H,27H2. The third kappa shape index (κ3) is 3.41. The number of ether oxygens (including phenoxy) is 1. The molecule has 1 aromatic heterocycles. The van der Waals surface area contributed by atoms with Gasteiger partial charge in [-0.15, -0.1) is 0 Å². The molecule has 46 heavy (non-hydrogen) atoms. The molecule has 0 unspecified atom stereocenters. The van der Waals surface area contributed by atoms with Crippen molar-refractivity contribution in [1.29, 1.82) is 0 Å². The number of aromatic nitrogens is 1. The molecule has 0 atom stereocenters. The van der Waals surface area contributed by atoms with Crippen LogP contribution in [-0.4, -0.2) is 4.98 Å². The van der Waals surface area contributed by atoms with Crippen LogP contribution in [0.4, 0.5) is 0 Å². The number of nitrogens with one attached hydrogen (secondary N) is 1. The number of aromatic amines is 1. The van der Waals surface area contributed by atoms with Gasteiger partial charge < -0.3 is 9.72 Å². The maximum Gasteiger partial charge on any atom is 0.132 e. The fraction of sp³-hybridized carbons (Fsp3) is 0.0455. The maximum atomic E-state index is 6.65. The Balaban J connectivity index is 1.31. The molecule has 216 valence electrons. The van der Waals surface area contributed by atoms with Gasteiger partial charge in [0.1, 0.15) is 11.5 Å². The van der Waals surface area contributed by atoms with Crippen molar-refractivity contribution >= 4 is 21.8 Å². The number of hydrogen-bond donors (Lipinski definition) is 1. The molecule has 10 rings (SSSR count). The molecule has 0 bridgehead atoms. The van der Waals surface area contributed by atoms with Crippen molar-refractivity contribution in [3.05, 3.63) is 191 Å². The molecule has 1 aliphatic heterocycles. The Morgan fingerprint density at radius 3 is 1.98 bits per heavy atom. The predicted molar refractivity (Wildman–Crippen MR) is 188 cm³/mol. The Morgan fingerprint density at radius 1 is 0.478 bits per heavy atom. The molecular weight excluding hydrogens is 558 g/mol. The van der Waals surface area contributed by atoms with E-state index in [0.29, 0.717) is 0 Å². The minimum Gasteiger partial charge on any atom is -0.457 e. The molecule has 2 aliphatic rings. The highest BCUT2D eigenvalue weighted by atomic mass is 16.5. The van der Waals surface area contributed by atoms with Crippen LogP contribution in [0.1, 0.15) is 33.4 Å². The van der Waals surface area contributed by atoms with Crippen LogP contribution in [0.5, 0.6) is 11.5 Å². The largest absolute Gasteiger partial charge is 0.457 e. The van der Waals surface area contributed by atoms with Gasteiger partial charge >= 0.3 is 0 Å². The van der Waals surface area contributed by atoms with Crippen molar-refractivity contribution in [2.75, 3.05) is 0 Å². The van der Waals surface area contributed by atoms with Crippen LogP contribution in [-0.2, 0) is 11.8 Å². The van der Waals surface area contributed by atoms with Gasteiger partial charge in [-0.3, -0.25) is 0 Å². The number of hydrogen-bond acceptors (Lipinski definition) is 1. The Bertz CT molecular complexity index is 2440. The van der Waals surface area contributed by atoms with E-state index in [1.807, 2.05) is 0 Å². The predicted octanol–water partition coefficient (Wildman–Crippen LogP) is 11.0. The van der Waals surface area contributed by atoms with Crippen LogP contribution in [0.2, 0.25) is 0 Å². The summed E-state index contributed by atoms with van der Waals surface area (Å²) < 4.78 is 6.65. The lowest BCUT2D eigenvalue weighted by molar-refractivity contribution is 0.432. The fourth-order valence-corrected chi connectivity index (χ4v) is 8.36. The van der Waals surface area contributed by atoms with Crippen LogP contribution in [0.15, 0.2) is 158 Å². The quantitative estimate of drug-likeness (QED) is 0.214. The van der Waals surface area contributed by atoms with Gasteiger partial charge in [0.15, 0.2) is 0 Å². The smallest absolute Gasteiger partial charge is 0.132 e. The van der Waals surface area contributed by atoms with Crippen LogP contribution in [0, 0.1) is 0 Å². The summed E-state index contributed by atoms with van der Waals surface area (Å²) in [7, 11) is 0. The molecule has 8 aromatic rings. The zero-order valence-electron chi connectivity index (χ0n) is 25.1. The topological polar surface area (TPSA) is 25.0 Å². The van der Waals surface area contributed by atoms with Crippen molar-refractivity contribution in [1.82, 2.24) is 4.98 Å². The summed E-state index contributed by atoms with van der Waals surface area (Å²) in [6, 6.07) is 57.4. The van der Waals surface area contributed by atoms with E-state index >= 15 is 0 Å². The summed E-state index contributed by atoms with van der Waals surface area (Å²) >= 11 is 0. The van der Waals surface area contributed by atoms with Crippen molar-refractivity contribution in [3.63, 3.8) is 0 Å². The molecule has 1 spiro atoms. The second-order valence-corrected chi connectivity index (χ2v) is 12.5. The first-order valence-corrected chi connectivity index (χ1v) is 16.0. The first kappa shape index (κ1) is 25.5. The summed E-state index contributed by atoms with van der Waals surface area (Å²) in [5.74, 6) is 1.83. The van der Waals surface area contributed by atoms with Crippen LogP contribution in [0.25, 0.3) is 44.1 Å². The molecule has 0 radical (unpaired) electrons. The molecule has 0 amide bonds. The van der Waals surface area contributed by atoms with Gasteiger partial charge in [0.2, 0.25) is 0 Å². The number of rotatable bonds is 2. The number of fused-ring (bicyclic) bond motifs is 11. The number of H-pyrrole nitrogens is 1. The second-order valence-electron chi connectivity index (χ2n) is 12.5. The zero-order chi connectivity index (χ0) is 30.2. The van der Waals surface area contributed by atoms with Crippen LogP contribution in [0.3, 0.4) is 0 Å². The van der Waals surface area contributed by atoms with E-state index < -0.39 is 5.41 Å². The summed E-state index contributed by atoms with van der Waals surface area (Å²) in [6.45, 7) is 0. The molecule has 0 saturated heterocycles. The Labute approximate surface area is 267 Å². The fourth-order valence-electron chi connectivity index (χ4n) is 8.36. The molecular formula is C44H29NO. The first-order valence-electron chi connectivity index (χ1n) is 16.0. The van der Waals surface area contributed by atoms with E-state index in [9.17, 15) is 0 Å². The Hall–Kier alpha value is -5.86. The molecule has 2 heteroatoms. The third-order valence-corrected chi connectivity index (χ3v) is 10.1. The molecule has 0 fully saturated rings. The first-order chi connectivity index (χ1) is 22.8. The van der Waals surface area contributed by atoms with E-state index in [-0.39, 0.29) is 0 Å². The SMILES string of the molecule is c1ccc(-c2cccc3c2C2(c4ccc(-c5cccc6[nH]c7ccccc7c56)cc4C3)c3ccccc3Oc3ccccc32)cc1. The van der Waals surface area contributed by atoms with Gasteiger partial charge in [-0.05, 0) is 75.2 Å². The van der Waals surface area contributed by atoms with E-state index in [0.717, 1.165) is 23.4 Å².